The number of hydrogen-bond acceptors (Lipinski definition) is 3. The standard InChI is InChI=1S/C17H21ClN4O.ClH/c18-13-5-3-6-14(10-13)22-9-8-16(21-22)17(23)20-15-7-2-1-4-12(15)11-19;/h3,5-6,8-10,12,15H,1-2,4,7,11,19H2,(H,20,23);1H. The predicted octanol–water partition coefficient (Wildman–Crippen LogP) is 3.19. The van der Waals surface area contributed by atoms with Gasteiger partial charge in [0.2, 0.25) is 0 Å². The van der Waals surface area contributed by atoms with Crippen molar-refractivity contribution in [3.63, 3.8) is 0 Å². The van der Waals surface area contributed by atoms with Crippen LogP contribution in [-0.4, -0.2) is 28.3 Å². The number of amides is 1. The highest BCUT2D eigenvalue weighted by Gasteiger charge is 2.26. The molecule has 130 valence electrons. The van der Waals surface area contributed by atoms with E-state index in [9.17, 15) is 4.79 Å². The Kier molecular flexibility index (Phi) is 6.66. The number of benzene rings is 1. The van der Waals surface area contributed by atoms with Crippen molar-refractivity contribution >= 4 is 29.9 Å². The maximum absolute atomic E-state index is 12.4. The fourth-order valence-electron chi connectivity index (χ4n) is 3.13. The lowest BCUT2D eigenvalue weighted by Gasteiger charge is -2.31. The van der Waals surface area contributed by atoms with E-state index in [4.69, 9.17) is 17.3 Å². The average Bonchev–Trinajstić information content (AvgIpc) is 3.05. The van der Waals surface area contributed by atoms with E-state index in [0.717, 1.165) is 24.9 Å². The number of rotatable bonds is 4. The molecule has 0 saturated heterocycles. The van der Waals surface area contributed by atoms with Crippen molar-refractivity contribution in [2.24, 2.45) is 11.7 Å². The van der Waals surface area contributed by atoms with E-state index in [2.05, 4.69) is 10.4 Å². The van der Waals surface area contributed by atoms with Gasteiger partial charge in [0, 0.05) is 17.3 Å². The van der Waals surface area contributed by atoms with Gasteiger partial charge in [0.1, 0.15) is 0 Å². The molecule has 7 heteroatoms. The smallest absolute Gasteiger partial charge is 0.272 e. The number of carbonyl (C=O) groups is 1. The largest absolute Gasteiger partial charge is 0.348 e. The topological polar surface area (TPSA) is 72.9 Å². The van der Waals surface area contributed by atoms with Gasteiger partial charge < -0.3 is 11.1 Å². The normalized spacial score (nSPS) is 20.2. The molecule has 5 nitrogen and oxygen atoms in total. The maximum atomic E-state index is 12.4. The summed E-state index contributed by atoms with van der Waals surface area (Å²) in [6.45, 7) is 0.613. The minimum absolute atomic E-state index is 0. The zero-order valence-electron chi connectivity index (χ0n) is 13.3. The summed E-state index contributed by atoms with van der Waals surface area (Å²) < 4.78 is 1.65. The van der Waals surface area contributed by atoms with Crippen LogP contribution in [-0.2, 0) is 0 Å². The Balaban J connectivity index is 0.00000208. The molecule has 1 fully saturated rings. The number of nitrogens with two attached hydrogens (primary N) is 1. The van der Waals surface area contributed by atoms with E-state index in [1.807, 2.05) is 18.2 Å². The van der Waals surface area contributed by atoms with Crippen molar-refractivity contribution in [2.45, 2.75) is 31.7 Å². The van der Waals surface area contributed by atoms with E-state index in [1.165, 1.54) is 6.42 Å². The van der Waals surface area contributed by atoms with E-state index in [0.29, 0.717) is 23.2 Å². The highest BCUT2D eigenvalue weighted by atomic mass is 35.5. The number of hydrogen-bond donors (Lipinski definition) is 2. The van der Waals surface area contributed by atoms with Crippen molar-refractivity contribution in [2.75, 3.05) is 6.54 Å². The van der Waals surface area contributed by atoms with Crippen molar-refractivity contribution < 1.29 is 4.79 Å². The Hall–Kier alpha value is -1.56. The number of nitrogens with one attached hydrogen (secondary N) is 1. The van der Waals surface area contributed by atoms with E-state index in [-0.39, 0.29) is 24.4 Å². The first kappa shape index (κ1) is 18.8. The third-order valence-corrected chi connectivity index (χ3v) is 4.66. The van der Waals surface area contributed by atoms with Crippen molar-refractivity contribution in [1.82, 2.24) is 15.1 Å². The van der Waals surface area contributed by atoms with Crippen LogP contribution in [0.3, 0.4) is 0 Å². The van der Waals surface area contributed by atoms with Gasteiger partial charge >= 0.3 is 0 Å². The molecule has 1 amide bonds. The first-order chi connectivity index (χ1) is 11.2. The van der Waals surface area contributed by atoms with Crippen LogP contribution in [0.1, 0.15) is 36.2 Å². The van der Waals surface area contributed by atoms with Gasteiger partial charge in [0.15, 0.2) is 5.69 Å². The highest BCUT2D eigenvalue weighted by molar-refractivity contribution is 6.30. The second kappa shape index (κ2) is 8.51. The van der Waals surface area contributed by atoms with Crippen LogP contribution in [0.15, 0.2) is 36.5 Å². The first-order valence-corrected chi connectivity index (χ1v) is 8.37. The molecular formula is C17H22Cl2N4O. The summed E-state index contributed by atoms with van der Waals surface area (Å²) in [6, 6.07) is 9.23. The zero-order valence-corrected chi connectivity index (χ0v) is 14.9. The van der Waals surface area contributed by atoms with Crippen LogP contribution in [0.2, 0.25) is 5.02 Å². The van der Waals surface area contributed by atoms with Gasteiger partial charge in [-0.3, -0.25) is 4.79 Å². The summed E-state index contributed by atoms with van der Waals surface area (Å²) in [6.07, 6.45) is 6.17. The van der Waals surface area contributed by atoms with E-state index < -0.39 is 0 Å². The first-order valence-electron chi connectivity index (χ1n) is 8.00. The van der Waals surface area contributed by atoms with Crippen LogP contribution in [0.4, 0.5) is 0 Å². The summed E-state index contributed by atoms with van der Waals surface area (Å²) in [7, 11) is 0. The van der Waals surface area contributed by atoms with Gasteiger partial charge in [-0.05, 0) is 49.6 Å². The van der Waals surface area contributed by atoms with Gasteiger partial charge in [-0.15, -0.1) is 12.4 Å². The van der Waals surface area contributed by atoms with Crippen LogP contribution in [0, 0.1) is 5.92 Å². The number of carbonyl (C=O) groups excluding carboxylic acids is 1. The van der Waals surface area contributed by atoms with Crippen molar-refractivity contribution in [3.8, 4) is 5.69 Å². The molecule has 1 aromatic heterocycles. The quantitative estimate of drug-likeness (QED) is 0.869. The SMILES string of the molecule is Cl.NCC1CCCCC1NC(=O)c1ccn(-c2cccc(Cl)c2)n1. The van der Waals surface area contributed by atoms with Crippen molar-refractivity contribution in [1.29, 1.82) is 0 Å². The fourth-order valence-corrected chi connectivity index (χ4v) is 3.31. The Morgan fingerprint density at radius 1 is 1.33 bits per heavy atom. The molecule has 0 radical (unpaired) electrons. The Morgan fingerprint density at radius 2 is 2.12 bits per heavy atom. The van der Waals surface area contributed by atoms with Gasteiger partial charge in [-0.1, -0.05) is 30.5 Å². The van der Waals surface area contributed by atoms with E-state index >= 15 is 0 Å². The molecular weight excluding hydrogens is 347 g/mol. The monoisotopic (exact) mass is 368 g/mol. The Bertz CT molecular complexity index is 689. The molecule has 1 heterocycles. The second-order valence-corrected chi connectivity index (χ2v) is 6.42. The highest BCUT2D eigenvalue weighted by Crippen LogP contribution is 2.23. The third kappa shape index (κ3) is 4.29. The minimum Gasteiger partial charge on any atom is -0.348 e. The number of halogens is 2. The summed E-state index contributed by atoms with van der Waals surface area (Å²) in [5.74, 6) is 0.221. The molecule has 1 aromatic carbocycles. The molecule has 1 saturated carbocycles. The lowest BCUT2D eigenvalue weighted by molar-refractivity contribution is 0.0902. The fraction of sp³-hybridized carbons (Fsp3) is 0.412. The molecule has 1 aliphatic carbocycles. The number of nitrogens with zero attached hydrogens (tertiary/aromatic N) is 2. The lowest BCUT2D eigenvalue weighted by Crippen LogP contribution is -2.44. The summed E-state index contributed by atoms with van der Waals surface area (Å²) in [4.78, 5) is 12.4. The predicted molar refractivity (Wildman–Crippen MR) is 98.1 cm³/mol. The second-order valence-electron chi connectivity index (χ2n) is 5.99. The summed E-state index contributed by atoms with van der Waals surface area (Å²) >= 11 is 5.99. The van der Waals surface area contributed by atoms with Crippen LogP contribution < -0.4 is 11.1 Å². The Labute approximate surface area is 153 Å². The molecule has 0 bridgehead atoms. The lowest BCUT2D eigenvalue weighted by atomic mass is 9.84. The van der Waals surface area contributed by atoms with Crippen LogP contribution >= 0.6 is 24.0 Å². The van der Waals surface area contributed by atoms with Crippen LogP contribution in [0.25, 0.3) is 5.69 Å². The molecule has 2 aromatic rings. The summed E-state index contributed by atoms with van der Waals surface area (Å²) in [5, 5.41) is 8.08. The van der Waals surface area contributed by atoms with Gasteiger partial charge in [-0.25, -0.2) is 4.68 Å². The molecule has 1 aliphatic rings. The molecule has 3 N–H and O–H groups in total. The molecule has 24 heavy (non-hydrogen) atoms. The van der Waals surface area contributed by atoms with Gasteiger partial charge in [-0.2, -0.15) is 5.10 Å². The van der Waals surface area contributed by atoms with Gasteiger partial charge in [0.05, 0.1) is 5.69 Å². The van der Waals surface area contributed by atoms with E-state index in [1.54, 1.807) is 23.0 Å². The van der Waals surface area contributed by atoms with Gasteiger partial charge in [0.25, 0.3) is 5.91 Å². The maximum Gasteiger partial charge on any atom is 0.272 e. The molecule has 3 rings (SSSR count). The van der Waals surface area contributed by atoms with Crippen molar-refractivity contribution in [3.05, 3.63) is 47.2 Å². The number of aromatic nitrogens is 2. The molecule has 0 aliphatic heterocycles. The molecule has 2 atom stereocenters. The van der Waals surface area contributed by atoms with Crippen LogP contribution in [0.5, 0.6) is 0 Å². The molecule has 0 spiro atoms. The zero-order chi connectivity index (χ0) is 16.2. The minimum atomic E-state index is -0.142. The Morgan fingerprint density at radius 3 is 2.88 bits per heavy atom. The average molecular weight is 369 g/mol. The summed E-state index contributed by atoms with van der Waals surface area (Å²) in [5.41, 5.74) is 7.06. The molecule has 2 unspecified atom stereocenters. The third-order valence-electron chi connectivity index (χ3n) is 4.42.